The summed E-state index contributed by atoms with van der Waals surface area (Å²) in [5, 5.41) is 12.9. The summed E-state index contributed by atoms with van der Waals surface area (Å²) in [5.41, 5.74) is 2.22. The maximum atomic E-state index is 12.7. The molecule has 1 amide bonds. The highest BCUT2D eigenvalue weighted by atomic mass is 32.1. The summed E-state index contributed by atoms with van der Waals surface area (Å²) in [5.74, 6) is -1.10. The van der Waals surface area contributed by atoms with Crippen molar-refractivity contribution in [3.63, 3.8) is 0 Å². The predicted octanol–water partition coefficient (Wildman–Crippen LogP) is 3.90. The second kappa shape index (κ2) is 9.19. The third-order valence-electron chi connectivity index (χ3n) is 5.26. The van der Waals surface area contributed by atoms with E-state index in [9.17, 15) is 9.59 Å². The first kappa shape index (κ1) is 20.3. The first-order chi connectivity index (χ1) is 14.6. The fourth-order valence-corrected chi connectivity index (χ4v) is 4.45. The molecule has 2 N–H and O–H groups in total. The first-order valence-corrected chi connectivity index (χ1v) is 10.8. The normalized spacial score (nSPS) is 15.1. The molecule has 30 heavy (non-hydrogen) atoms. The molecule has 7 heteroatoms. The lowest BCUT2D eigenvalue weighted by molar-refractivity contribution is 0.0696. The Balaban J connectivity index is 1.32. The van der Waals surface area contributed by atoms with E-state index in [2.05, 4.69) is 39.5 Å². The standard InChI is InChI=1S/C23H23N3O3S/c27-21(20-14-24-22(30-20)17-7-4-8-18(13-17)23(28)29)25-19-9-11-26(12-10-19)15-16-5-2-1-3-6-16/h1-8,13-14,19H,9-12,15H2,(H,25,27)(H,28,29). The van der Waals surface area contributed by atoms with Crippen molar-refractivity contribution in [1.29, 1.82) is 0 Å². The molecule has 0 aliphatic carbocycles. The molecule has 0 spiro atoms. The van der Waals surface area contributed by atoms with Crippen molar-refractivity contribution in [3.05, 3.63) is 76.8 Å². The summed E-state index contributed by atoms with van der Waals surface area (Å²) in [6, 6.07) is 17.2. The summed E-state index contributed by atoms with van der Waals surface area (Å²) in [4.78, 5) is 31.1. The fraction of sp³-hybridized carbons (Fsp3) is 0.261. The van der Waals surface area contributed by atoms with E-state index in [4.69, 9.17) is 5.11 Å². The third kappa shape index (κ3) is 4.93. The Hall–Kier alpha value is -3.03. The van der Waals surface area contributed by atoms with Gasteiger partial charge in [0.15, 0.2) is 0 Å². The number of aromatic carboxylic acids is 1. The summed E-state index contributed by atoms with van der Waals surface area (Å²) in [7, 11) is 0. The van der Waals surface area contributed by atoms with Crippen LogP contribution >= 0.6 is 11.3 Å². The highest BCUT2D eigenvalue weighted by molar-refractivity contribution is 7.16. The van der Waals surface area contributed by atoms with Gasteiger partial charge in [-0.15, -0.1) is 11.3 Å². The van der Waals surface area contributed by atoms with E-state index in [1.807, 2.05) is 6.07 Å². The van der Waals surface area contributed by atoms with Gasteiger partial charge in [0.2, 0.25) is 0 Å². The number of rotatable bonds is 6. The summed E-state index contributed by atoms with van der Waals surface area (Å²) in [6.07, 6.45) is 3.41. The Morgan fingerprint density at radius 1 is 1.10 bits per heavy atom. The molecule has 1 saturated heterocycles. The van der Waals surface area contributed by atoms with Gasteiger partial charge in [0, 0.05) is 31.2 Å². The molecule has 1 aromatic heterocycles. The lowest BCUT2D eigenvalue weighted by Crippen LogP contribution is -2.44. The predicted molar refractivity (Wildman–Crippen MR) is 117 cm³/mol. The summed E-state index contributed by atoms with van der Waals surface area (Å²) >= 11 is 1.28. The number of carbonyl (C=O) groups is 2. The Bertz CT molecular complexity index is 1030. The molecule has 2 heterocycles. The van der Waals surface area contributed by atoms with Gasteiger partial charge in [0.25, 0.3) is 5.91 Å². The van der Waals surface area contributed by atoms with E-state index >= 15 is 0 Å². The molecule has 154 valence electrons. The minimum absolute atomic E-state index is 0.116. The van der Waals surface area contributed by atoms with Gasteiger partial charge in [-0.05, 0) is 30.5 Å². The summed E-state index contributed by atoms with van der Waals surface area (Å²) in [6.45, 7) is 2.85. The van der Waals surface area contributed by atoms with Gasteiger partial charge in [0.05, 0.1) is 11.8 Å². The smallest absolute Gasteiger partial charge is 0.335 e. The second-order valence-corrected chi connectivity index (χ2v) is 8.46. The van der Waals surface area contributed by atoms with Crippen LogP contribution in [0.1, 0.15) is 38.4 Å². The van der Waals surface area contributed by atoms with Gasteiger partial charge in [-0.2, -0.15) is 0 Å². The molecule has 0 unspecified atom stereocenters. The molecule has 0 atom stereocenters. The largest absolute Gasteiger partial charge is 0.478 e. The number of aromatic nitrogens is 1. The Labute approximate surface area is 179 Å². The lowest BCUT2D eigenvalue weighted by Gasteiger charge is -2.32. The van der Waals surface area contributed by atoms with Crippen molar-refractivity contribution < 1.29 is 14.7 Å². The van der Waals surface area contributed by atoms with E-state index in [1.165, 1.54) is 23.0 Å². The molecule has 1 aliphatic heterocycles. The van der Waals surface area contributed by atoms with E-state index in [0.717, 1.165) is 32.5 Å². The van der Waals surface area contributed by atoms with E-state index in [-0.39, 0.29) is 17.5 Å². The van der Waals surface area contributed by atoms with Gasteiger partial charge in [0.1, 0.15) is 9.88 Å². The van der Waals surface area contributed by atoms with Crippen molar-refractivity contribution in [2.75, 3.05) is 13.1 Å². The molecule has 4 rings (SSSR count). The fourth-order valence-electron chi connectivity index (χ4n) is 3.63. The van der Waals surface area contributed by atoms with Crippen LogP contribution in [0.4, 0.5) is 0 Å². The molecule has 1 fully saturated rings. The van der Waals surface area contributed by atoms with Crippen LogP contribution in [0.5, 0.6) is 0 Å². The summed E-state index contributed by atoms with van der Waals surface area (Å²) < 4.78 is 0. The highest BCUT2D eigenvalue weighted by Gasteiger charge is 2.22. The van der Waals surface area contributed by atoms with E-state index in [1.54, 1.807) is 24.4 Å². The number of carbonyl (C=O) groups excluding carboxylic acids is 1. The second-order valence-electron chi connectivity index (χ2n) is 7.43. The van der Waals surface area contributed by atoms with Crippen molar-refractivity contribution in [2.24, 2.45) is 0 Å². The zero-order valence-electron chi connectivity index (χ0n) is 16.5. The maximum absolute atomic E-state index is 12.7. The van der Waals surface area contributed by atoms with Crippen LogP contribution in [0.15, 0.2) is 60.8 Å². The Morgan fingerprint density at radius 2 is 1.87 bits per heavy atom. The molecular weight excluding hydrogens is 398 g/mol. The topological polar surface area (TPSA) is 82.5 Å². The molecule has 2 aromatic carbocycles. The Kier molecular flexibility index (Phi) is 6.21. The molecule has 0 bridgehead atoms. The van der Waals surface area contributed by atoms with Crippen LogP contribution in [0, 0.1) is 0 Å². The molecule has 1 aliphatic rings. The van der Waals surface area contributed by atoms with Crippen LogP contribution < -0.4 is 5.32 Å². The number of carboxylic acids is 1. The lowest BCUT2D eigenvalue weighted by atomic mass is 10.0. The van der Waals surface area contributed by atoms with Crippen molar-refractivity contribution in [3.8, 4) is 10.6 Å². The third-order valence-corrected chi connectivity index (χ3v) is 6.30. The van der Waals surface area contributed by atoms with Crippen LogP contribution in [-0.4, -0.2) is 46.0 Å². The van der Waals surface area contributed by atoms with Gasteiger partial charge in [-0.25, -0.2) is 9.78 Å². The first-order valence-electron chi connectivity index (χ1n) is 9.95. The number of likely N-dealkylation sites (tertiary alicyclic amines) is 1. The number of nitrogens with one attached hydrogen (secondary N) is 1. The molecular formula is C23H23N3O3S. The van der Waals surface area contributed by atoms with Crippen molar-refractivity contribution in [2.45, 2.75) is 25.4 Å². The number of benzene rings is 2. The van der Waals surface area contributed by atoms with E-state index in [0.29, 0.717) is 15.4 Å². The van der Waals surface area contributed by atoms with Crippen LogP contribution in [0.2, 0.25) is 0 Å². The van der Waals surface area contributed by atoms with E-state index < -0.39 is 5.97 Å². The SMILES string of the molecule is O=C(O)c1cccc(-c2ncc(C(=O)NC3CCN(Cc4ccccc4)CC3)s2)c1. The molecule has 6 nitrogen and oxygen atoms in total. The monoisotopic (exact) mass is 421 g/mol. The number of hydrogen-bond donors (Lipinski definition) is 2. The van der Waals surface area contributed by atoms with Gasteiger partial charge < -0.3 is 10.4 Å². The highest BCUT2D eigenvalue weighted by Crippen LogP contribution is 2.26. The van der Waals surface area contributed by atoms with Gasteiger partial charge >= 0.3 is 5.97 Å². The number of carboxylic acid groups (broad SMARTS) is 1. The zero-order valence-corrected chi connectivity index (χ0v) is 17.3. The Morgan fingerprint density at radius 3 is 2.60 bits per heavy atom. The maximum Gasteiger partial charge on any atom is 0.335 e. The average molecular weight is 422 g/mol. The number of hydrogen-bond acceptors (Lipinski definition) is 5. The molecule has 0 saturated carbocycles. The average Bonchev–Trinajstić information content (AvgIpc) is 3.26. The number of piperidine rings is 1. The van der Waals surface area contributed by atoms with Crippen LogP contribution in [0.3, 0.4) is 0 Å². The number of thiazole rings is 1. The van der Waals surface area contributed by atoms with Crippen LogP contribution in [-0.2, 0) is 6.54 Å². The zero-order chi connectivity index (χ0) is 20.9. The minimum Gasteiger partial charge on any atom is -0.478 e. The van der Waals surface area contributed by atoms with Crippen molar-refractivity contribution >= 4 is 23.2 Å². The van der Waals surface area contributed by atoms with Crippen LogP contribution in [0.25, 0.3) is 10.6 Å². The molecule has 0 radical (unpaired) electrons. The number of amides is 1. The quantitative estimate of drug-likeness (QED) is 0.631. The number of nitrogens with zero attached hydrogens (tertiary/aromatic N) is 2. The molecule has 3 aromatic rings. The van der Waals surface area contributed by atoms with Gasteiger partial charge in [-0.3, -0.25) is 9.69 Å². The minimum atomic E-state index is -0.982. The van der Waals surface area contributed by atoms with Crippen molar-refractivity contribution in [1.82, 2.24) is 15.2 Å². The van der Waals surface area contributed by atoms with Gasteiger partial charge in [-0.1, -0.05) is 42.5 Å².